The Kier molecular flexibility index (Phi) is 4.99. The Morgan fingerprint density at radius 1 is 0.962 bits per heavy atom. The molecule has 0 fully saturated rings. The number of hydrogen-bond donors (Lipinski definition) is 2. The maximum Gasteiger partial charge on any atom is 0.314 e. The first-order chi connectivity index (χ1) is 12.3. The molecule has 0 radical (unpaired) electrons. The molecule has 26 heavy (non-hydrogen) atoms. The van der Waals surface area contributed by atoms with Gasteiger partial charge >= 0.3 is 5.97 Å². The molecule has 3 aromatic rings. The van der Waals surface area contributed by atoms with Crippen molar-refractivity contribution >= 4 is 24.1 Å². The van der Waals surface area contributed by atoms with Crippen LogP contribution in [0.2, 0.25) is 0 Å². The lowest BCUT2D eigenvalue weighted by atomic mass is 9.81. The van der Waals surface area contributed by atoms with E-state index in [2.05, 4.69) is 0 Å². The van der Waals surface area contributed by atoms with E-state index in [-0.39, 0.29) is 12.3 Å². The number of benzene rings is 3. The smallest absolute Gasteiger partial charge is 0.314 e. The largest absolute Gasteiger partial charge is 0.481 e. The molecule has 4 nitrogen and oxygen atoms in total. The fourth-order valence-electron chi connectivity index (χ4n) is 3.39. The highest BCUT2D eigenvalue weighted by molar-refractivity contribution is 7.57. The molecule has 134 valence electrons. The maximum absolute atomic E-state index is 12.9. The molecule has 2 atom stereocenters. The third kappa shape index (κ3) is 3.72. The molecule has 0 aliphatic carbocycles. The van der Waals surface area contributed by atoms with Crippen molar-refractivity contribution in [2.45, 2.75) is 18.5 Å². The Bertz CT molecular complexity index is 978. The van der Waals surface area contributed by atoms with Crippen LogP contribution in [-0.4, -0.2) is 22.1 Å². The second-order valence-corrected chi connectivity index (χ2v) is 9.14. The van der Waals surface area contributed by atoms with Crippen LogP contribution in [-0.2, 0) is 20.9 Å². The molecule has 2 unspecified atom stereocenters. The highest BCUT2D eigenvalue weighted by Gasteiger charge is 2.42. The predicted molar refractivity (Wildman–Crippen MR) is 104 cm³/mol. The molecule has 0 amide bonds. The predicted octanol–water partition coefficient (Wildman–Crippen LogP) is 4.65. The van der Waals surface area contributed by atoms with Gasteiger partial charge in [-0.2, -0.15) is 0 Å². The van der Waals surface area contributed by atoms with Gasteiger partial charge in [0, 0.05) is 12.3 Å². The second kappa shape index (κ2) is 7.06. The second-order valence-electron chi connectivity index (χ2n) is 6.81. The van der Waals surface area contributed by atoms with Crippen molar-refractivity contribution in [3.8, 4) is 0 Å². The van der Waals surface area contributed by atoms with E-state index in [0.29, 0.717) is 5.56 Å². The summed E-state index contributed by atoms with van der Waals surface area (Å²) in [6.45, 7) is 1.53. The number of rotatable bonds is 6. The summed E-state index contributed by atoms with van der Waals surface area (Å²) in [6.07, 6.45) is -0.361. The quantitative estimate of drug-likeness (QED) is 0.621. The van der Waals surface area contributed by atoms with Crippen LogP contribution >= 0.6 is 7.37 Å². The molecule has 0 spiro atoms. The number of fused-ring (bicyclic) bond motifs is 1. The van der Waals surface area contributed by atoms with Crippen molar-refractivity contribution in [2.75, 3.05) is 6.16 Å². The van der Waals surface area contributed by atoms with Gasteiger partial charge in [-0.3, -0.25) is 9.36 Å². The number of carboxylic acid groups (broad SMARTS) is 1. The molecule has 0 saturated carbocycles. The van der Waals surface area contributed by atoms with Gasteiger partial charge in [-0.25, -0.2) is 0 Å². The van der Waals surface area contributed by atoms with E-state index in [1.807, 2.05) is 36.4 Å². The zero-order valence-electron chi connectivity index (χ0n) is 14.5. The van der Waals surface area contributed by atoms with E-state index in [4.69, 9.17) is 0 Å². The Hall–Kier alpha value is -2.42. The summed E-state index contributed by atoms with van der Waals surface area (Å²) >= 11 is 0. The van der Waals surface area contributed by atoms with Gasteiger partial charge < -0.3 is 10.00 Å². The van der Waals surface area contributed by atoms with Crippen LogP contribution in [0.5, 0.6) is 0 Å². The summed E-state index contributed by atoms with van der Waals surface area (Å²) < 4.78 is 12.9. The van der Waals surface area contributed by atoms with Crippen LogP contribution in [0.25, 0.3) is 10.8 Å². The van der Waals surface area contributed by atoms with Gasteiger partial charge in [-0.1, -0.05) is 72.8 Å². The van der Waals surface area contributed by atoms with Gasteiger partial charge in [-0.05, 0) is 28.8 Å². The Balaban J connectivity index is 2.02. The minimum Gasteiger partial charge on any atom is -0.481 e. The average molecular weight is 368 g/mol. The topological polar surface area (TPSA) is 74.6 Å². The van der Waals surface area contributed by atoms with Crippen molar-refractivity contribution in [1.82, 2.24) is 0 Å². The zero-order chi connectivity index (χ0) is 18.8. The first kappa shape index (κ1) is 18.4. The maximum atomic E-state index is 12.9. The molecule has 0 bridgehead atoms. The normalized spacial score (nSPS) is 15.9. The monoisotopic (exact) mass is 368 g/mol. The van der Waals surface area contributed by atoms with E-state index in [1.165, 1.54) is 6.92 Å². The molecule has 3 rings (SSSR count). The van der Waals surface area contributed by atoms with E-state index in [9.17, 15) is 19.4 Å². The third-order valence-electron chi connectivity index (χ3n) is 4.69. The third-order valence-corrected chi connectivity index (χ3v) is 6.68. The van der Waals surface area contributed by atoms with Crippen molar-refractivity contribution < 1.29 is 19.4 Å². The number of carboxylic acids is 1. The lowest BCUT2D eigenvalue weighted by Gasteiger charge is -2.29. The van der Waals surface area contributed by atoms with Crippen LogP contribution in [0.15, 0.2) is 72.8 Å². The SMILES string of the molecule is CC(CP(=O)(O)Cc1ccccc1)(C(=O)O)c1cccc2ccccc12. The lowest BCUT2D eigenvalue weighted by Crippen LogP contribution is -2.36. The molecule has 5 heteroatoms. The van der Waals surface area contributed by atoms with Gasteiger partial charge in [0.15, 0.2) is 0 Å². The molecule has 0 aliphatic heterocycles. The van der Waals surface area contributed by atoms with Gasteiger partial charge in [-0.15, -0.1) is 0 Å². The fraction of sp³-hybridized carbons (Fsp3) is 0.190. The average Bonchev–Trinajstić information content (AvgIpc) is 2.61. The first-order valence-corrected chi connectivity index (χ1v) is 10.4. The Morgan fingerprint density at radius 3 is 2.27 bits per heavy atom. The van der Waals surface area contributed by atoms with Crippen LogP contribution in [0.3, 0.4) is 0 Å². The van der Waals surface area contributed by atoms with E-state index in [0.717, 1.165) is 16.3 Å². The molecule has 0 heterocycles. The summed E-state index contributed by atoms with van der Waals surface area (Å²) in [5.74, 6) is -1.10. The van der Waals surface area contributed by atoms with Crippen molar-refractivity contribution in [2.24, 2.45) is 0 Å². The number of aliphatic carboxylic acids is 1. The van der Waals surface area contributed by atoms with Crippen molar-refractivity contribution in [3.05, 3.63) is 83.9 Å². The molecule has 3 aromatic carbocycles. The minimum absolute atomic E-state index is 0.0402. The highest BCUT2D eigenvalue weighted by atomic mass is 31.2. The van der Waals surface area contributed by atoms with Gasteiger partial charge in [0.2, 0.25) is 7.37 Å². The van der Waals surface area contributed by atoms with Gasteiger partial charge in [0.1, 0.15) is 0 Å². The number of hydrogen-bond acceptors (Lipinski definition) is 2. The molecular weight excluding hydrogens is 347 g/mol. The summed E-state index contributed by atoms with van der Waals surface area (Å²) in [5.41, 5.74) is -0.172. The van der Waals surface area contributed by atoms with E-state index < -0.39 is 18.8 Å². The van der Waals surface area contributed by atoms with E-state index >= 15 is 0 Å². The Morgan fingerprint density at radius 2 is 1.58 bits per heavy atom. The van der Waals surface area contributed by atoms with Crippen LogP contribution < -0.4 is 0 Å². The zero-order valence-corrected chi connectivity index (χ0v) is 15.4. The molecule has 0 aliphatic rings. The highest BCUT2D eigenvalue weighted by Crippen LogP contribution is 2.50. The lowest BCUT2D eigenvalue weighted by molar-refractivity contribution is -0.142. The van der Waals surface area contributed by atoms with Crippen LogP contribution in [0.1, 0.15) is 18.1 Å². The Labute approximate surface area is 152 Å². The first-order valence-electron chi connectivity index (χ1n) is 8.38. The molecule has 2 N–H and O–H groups in total. The molecule has 0 saturated heterocycles. The van der Waals surface area contributed by atoms with Gasteiger partial charge in [0.25, 0.3) is 0 Å². The van der Waals surface area contributed by atoms with Crippen LogP contribution in [0, 0.1) is 0 Å². The van der Waals surface area contributed by atoms with E-state index in [1.54, 1.807) is 36.4 Å². The van der Waals surface area contributed by atoms with Crippen molar-refractivity contribution in [1.29, 1.82) is 0 Å². The number of carbonyl (C=O) groups is 1. The molecule has 0 aromatic heterocycles. The van der Waals surface area contributed by atoms with Crippen LogP contribution in [0.4, 0.5) is 0 Å². The summed E-state index contributed by atoms with van der Waals surface area (Å²) in [5, 5.41) is 11.6. The van der Waals surface area contributed by atoms with Crippen molar-refractivity contribution in [3.63, 3.8) is 0 Å². The van der Waals surface area contributed by atoms with Gasteiger partial charge in [0.05, 0.1) is 5.41 Å². The summed E-state index contributed by atoms with van der Waals surface area (Å²) in [7, 11) is -3.71. The minimum atomic E-state index is -3.71. The standard InChI is InChI=1S/C21H21O4P/c1-21(20(22)23,15-26(24,25)14-16-8-3-2-4-9-16)19-13-7-11-17-10-5-6-12-18(17)19/h2-13H,14-15H2,1H3,(H,22,23)(H,24,25). The molecular formula is C21H21O4P. The summed E-state index contributed by atoms with van der Waals surface area (Å²) in [6, 6.07) is 21.9. The fourth-order valence-corrected chi connectivity index (χ4v) is 5.58. The summed E-state index contributed by atoms with van der Waals surface area (Å²) in [4.78, 5) is 22.7.